The number of ether oxygens (including phenoxy) is 2. The highest BCUT2D eigenvalue weighted by molar-refractivity contribution is 14.0. The van der Waals surface area contributed by atoms with Crippen molar-refractivity contribution in [2.75, 3.05) is 53.0 Å². The second kappa shape index (κ2) is 8.49. The van der Waals surface area contributed by atoms with Gasteiger partial charge in [0.1, 0.15) is 0 Å². The van der Waals surface area contributed by atoms with Crippen LogP contribution in [0.4, 0.5) is 0 Å². The molecule has 0 spiro atoms. The summed E-state index contributed by atoms with van der Waals surface area (Å²) in [5, 5.41) is 3.81. The van der Waals surface area contributed by atoms with Crippen molar-refractivity contribution in [3.05, 3.63) is 0 Å². The van der Waals surface area contributed by atoms with Crippen molar-refractivity contribution in [1.29, 1.82) is 0 Å². The maximum Gasteiger partial charge on any atom is 0.193 e. The molecule has 1 aliphatic carbocycles. The molecule has 4 fully saturated rings. The fourth-order valence-corrected chi connectivity index (χ4v) is 5.43. The van der Waals surface area contributed by atoms with Gasteiger partial charge in [-0.05, 0) is 19.3 Å². The van der Waals surface area contributed by atoms with E-state index < -0.39 is 0 Å². The van der Waals surface area contributed by atoms with Gasteiger partial charge in [0.2, 0.25) is 0 Å². The van der Waals surface area contributed by atoms with Crippen molar-refractivity contribution in [2.24, 2.45) is 16.3 Å². The molecule has 4 rings (SSSR count). The van der Waals surface area contributed by atoms with Crippen LogP contribution in [0, 0.1) is 11.3 Å². The van der Waals surface area contributed by atoms with Gasteiger partial charge < -0.3 is 19.7 Å². The topological polar surface area (TPSA) is 49.3 Å². The zero-order valence-corrected chi connectivity index (χ0v) is 18.8. The number of hydrogen-bond acceptors (Lipinski definition) is 4. The third-order valence-corrected chi connectivity index (χ3v) is 6.85. The average Bonchev–Trinajstić information content (AvgIpc) is 3.13. The first-order valence-corrected chi connectivity index (χ1v) is 10.0. The lowest BCUT2D eigenvalue weighted by molar-refractivity contribution is -0.188. The molecule has 26 heavy (non-hydrogen) atoms. The van der Waals surface area contributed by atoms with Gasteiger partial charge in [-0.25, -0.2) is 0 Å². The molecular weight excluding hydrogens is 443 g/mol. The smallest absolute Gasteiger partial charge is 0.193 e. The lowest BCUT2D eigenvalue weighted by atomic mass is 9.55. The molecule has 150 valence electrons. The van der Waals surface area contributed by atoms with E-state index in [4.69, 9.17) is 9.47 Å². The normalized spacial score (nSPS) is 37.5. The van der Waals surface area contributed by atoms with Crippen LogP contribution in [0.25, 0.3) is 0 Å². The van der Waals surface area contributed by atoms with E-state index in [0.29, 0.717) is 24.1 Å². The van der Waals surface area contributed by atoms with Gasteiger partial charge in [0, 0.05) is 63.3 Å². The fourth-order valence-electron chi connectivity index (χ4n) is 5.43. The van der Waals surface area contributed by atoms with Crippen molar-refractivity contribution in [3.8, 4) is 0 Å². The number of morpholine rings is 1. The molecule has 4 atom stereocenters. The highest BCUT2D eigenvalue weighted by Gasteiger charge is 2.58. The third-order valence-electron chi connectivity index (χ3n) is 6.85. The summed E-state index contributed by atoms with van der Waals surface area (Å²) in [5.74, 6) is 1.72. The number of guanidine groups is 1. The first-order chi connectivity index (χ1) is 12.1. The van der Waals surface area contributed by atoms with Gasteiger partial charge in [0.15, 0.2) is 5.96 Å². The summed E-state index contributed by atoms with van der Waals surface area (Å²) >= 11 is 0. The summed E-state index contributed by atoms with van der Waals surface area (Å²) in [6.45, 7) is 11.7. The Bertz CT molecular complexity index is 510. The lowest BCUT2D eigenvalue weighted by Gasteiger charge is -2.60. The SMILES string of the molecule is CN=C(NC1C2CCCOC2C1(C)C)N1CCC(N2CCOCC2)C1.I. The van der Waals surface area contributed by atoms with Crippen LogP contribution in [0.1, 0.15) is 33.1 Å². The number of nitrogens with one attached hydrogen (secondary N) is 1. The first kappa shape index (κ1) is 20.6. The molecule has 3 aliphatic heterocycles. The molecule has 0 aromatic heterocycles. The standard InChI is InChI=1S/C19H34N4O2.HI/c1-19(2)16(15-5-4-10-25-17(15)19)21-18(20-3)23-7-6-14(13-23)22-8-11-24-12-9-22;/h14-17H,4-13H2,1-3H3,(H,20,21);1H. The minimum absolute atomic E-state index is 0. The Labute approximate surface area is 175 Å². The monoisotopic (exact) mass is 478 g/mol. The summed E-state index contributed by atoms with van der Waals surface area (Å²) in [5.41, 5.74) is 0.185. The van der Waals surface area contributed by atoms with E-state index in [1.54, 1.807) is 0 Å². The highest BCUT2D eigenvalue weighted by atomic mass is 127. The van der Waals surface area contributed by atoms with Crippen LogP contribution in [0.5, 0.6) is 0 Å². The number of nitrogens with zero attached hydrogens (tertiary/aromatic N) is 3. The number of aliphatic imine (C=N–C) groups is 1. The summed E-state index contributed by atoms with van der Waals surface area (Å²) in [4.78, 5) is 9.67. The van der Waals surface area contributed by atoms with E-state index in [-0.39, 0.29) is 29.4 Å². The Morgan fingerprint density at radius 2 is 1.88 bits per heavy atom. The van der Waals surface area contributed by atoms with Crippen molar-refractivity contribution >= 4 is 29.9 Å². The maximum absolute atomic E-state index is 6.05. The Balaban J connectivity index is 0.00000196. The molecule has 4 aliphatic rings. The quantitative estimate of drug-likeness (QED) is 0.373. The largest absolute Gasteiger partial charge is 0.379 e. The molecule has 0 amide bonds. The van der Waals surface area contributed by atoms with Crippen LogP contribution < -0.4 is 5.32 Å². The second-order valence-electron chi connectivity index (χ2n) is 8.62. The van der Waals surface area contributed by atoms with E-state index >= 15 is 0 Å². The number of fused-ring (bicyclic) bond motifs is 1. The molecule has 1 saturated carbocycles. The van der Waals surface area contributed by atoms with Crippen LogP contribution in [0.2, 0.25) is 0 Å². The molecule has 1 N–H and O–H groups in total. The van der Waals surface area contributed by atoms with E-state index in [0.717, 1.165) is 52.0 Å². The maximum atomic E-state index is 6.05. The third kappa shape index (κ3) is 3.73. The average molecular weight is 478 g/mol. The minimum atomic E-state index is 0. The van der Waals surface area contributed by atoms with Crippen LogP contribution in [-0.4, -0.2) is 87.0 Å². The van der Waals surface area contributed by atoms with Gasteiger partial charge in [-0.15, -0.1) is 24.0 Å². The molecule has 0 aromatic rings. The summed E-state index contributed by atoms with van der Waals surface area (Å²) in [7, 11) is 1.92. The number of likely N-dealkylation sites (tertiary alicyclic amines) is 1. The van der Waals surface area contributed by atoms with Gasteiger partial charge in [0.25, 0.3) is 0 Å². The molecule has 3 saturated heterocycles. The molecular formula is C19H35IN4O2. The van der Waals surface area contributed by atoms with Gasteiger partial charge in [-0.1, -0.05) is 13.8 Å². The van der Waals surface area contributed by atoms with Gasteiger partial charge in [-0.2, -0.15) is 0 Å². The van der Waals surface area contributed by atoms with Crippen LogP contribution in [0.3, 0.4) is 0 Å². The number of hydrogen-bond donors (Lipinski definition) is 1. The molecule has 0 aromatic carbocycles. The molecule has 0 bridgehead atoms. The van der Waals surface area contributed by atoms with Crippen LogP contribution in [-0.2, 0) is 9.47 Å². The van der Waals surface area contributed by atoms with Crippen molar-refractivity contribution < 1.29 is 9.47 Å². The van der Waals surface area contributed by atoms with Crippen molar-refractivity contribution in [1.82, 2.24) is 15.1 Å². The zero-order chi connectivity index (χ0) is 17.4. The van der Waals surface area contributed by atoms with E-state index in [9.17, 15) is 0 Å². The highest BCUT2D eigenvalue weighted by Crippen LogP contribution is 2.51. The van der Waals surface area contributed by atoms with E-state index in [1.165, 1.54) is 19.3 Å². The van der Waals surface area contributed by atoms with Crippen LogP contribution in [0.15, 0.2) is 4.99 Å². The minimum Gasteiger partial charge on any atom is -0.379 e. The molecule has 6 nitrogen and oxygen atoms in total. The number of rotatable bonds is 2. The first-order valence-electron chi connectivity index (χ1n) is 10.0. The summed E-state index contributed by atoms with van der Waals surface area (Å²) in [6, 6.07) is 1.11. The van der Waals surface area contributed by atoms with Crippen LogP contribution >= 0.6 is 24.0 Å². The van der Waals surface area contributed by atoms with E-state index in [1.807, 2.05) is 7.05 Å². The molecule has 0 radical (unpaired) electrons. The molecule has 3 heterocycles. The Morgan fingerprint density at radius 3 is 2.62 bits per heavy atom. The Morgan fingerprint density at radius 1 is 1.12 bits per heavy atom. The van der Waals surface area contributed by atoms with Gasteiger partial charge in [-0.3, -0.25) is 9.89 Å². The second-order valence-corrected chi connectivity index (χ2v) is 8.62. The van der Waals surface area contributed by atoms with Gasteiger partial charge in [0.05, 0.1) is 19.3 Å². The van der Waals surface area contributed by atoms with Crippen molar-refractivity contribution in [3.63, 3.8) is 0 Å². The number of halogens is 1. The Hall–Kier alpha value is -0.120. The van der Waals surface area contributed by atoms with E-state index in [2.05, 4.69) is 34.0 Å². The lowest BCUT2D eigenvalue weighted by Crippen LogP contribution is -2.71. The Kier molecular flexibility index (Phi) is 6.73. The molecule has 4 unspecified atom stereocenters. The summed E-state index contributed by atoms with van der Waals surface area (Å²) < 4.78 is 11.5. The fraction of sp³-hybridized carbons (Fsp3) is 0.947. The predicted octanol–water partition coefficient (Wildman–Crippen LogP) is 1.79. The zero-order valence-electron chi connectivity index (χ0n) is 16.4. The predicted molar refractivity (Wildman–Crippen MR) is 114 cm³/mol. The summed E-state index contributed by atoms with van der Waals surface area (Å²) in [6.07, 6.45) is 4.11. The molecule has 7 heteroatoms. The van der Waals surface area contributed by atoms with Gasteiger partial charge >= 0.3 is 0 Å². The van der Waals surface area contributed by atoms with Crippen molar-refractivity contribution in [2.45, 2.75) is 51.3 Å².